The summed E-state index contributed by atoms with van der Waals surface area (Å²) >= 11 is 0. The van der Waals surface area contributed by atoms with E-state index in [0.29, 0.717) is 13.0 Å². The molecule has 8 heteroatoms. The van der Waals surface area contributed by atoms with Crippen LogP contribution in [0.2, 0.25) is 0 Å². The highest BCUT2D eigenvalue weighted by Gasteiger charge is 2.47. The van der Waals surface area contributed by atoms with E-state index in [2.05, 4.69) is 35.2 Å². The molecule has 0 aliphatic carbocycles. The van der Waals surface area contributed by atoms with Crippen LogP contribution in [0.25, 0.3) is 11.1 Å². The van der Waals surface area contributed by atoms with Gasteiger partial charge in [-0.2, -0.15) is 0 Å². The maximum Gasteiger partial charge on any atom is 0.315 e. The molecule has 2 aliphatic heterocycles. The van der Waals surface area contributed by atoms with E-state index in [4.69, 9.17) is 4.74 Å². The summed E-state index contributed by atoms with van der Waals surface area (Å²) in [6.45, 7) is 10.2. The third-order valence-electron chi connectivity index (χ3n) is 7.74. The SMILES string of the molecule is CCN(C(=O)[O-])C1C[C@H](C)[N@+](C)(C(C)=O)c2ccc(-c3ccc(CN4CCOCC4)cc3)cc21.Cl. The Morgan fingerprint density at radius 2 is 1.74 bits per heavy atom. The fourth-order valence-corrected chi connectivity index (χ4v) is 5.39. The number of halogens is 1. The second-order valence-corrected chi connectivity index (χ2v) is 9.61. The van der Waals surface area contributed by atoms with Gasteiger partial charge in [0.1, 0.15) is 11.8 Å². The number of rotatable bonds is 5. The minimum atomic E-state index is -1.18. The van der Waals surface area contributed by atoms with Gasteiger partial charge in [0.15, 0.2) is 0 Å². The molecule has 3 atom stereocenters. The molecular weight excluding hydrogens is 466 g/mol. The molecule has 0 radical (unpaired) electrons. The van der Waals surface area contributed by atoms with Gasteiger partial charge in [-0.05, 0) is 42.7 Å². The fourth-order valence-electron chi connectivity index (χ4n) is 5.39. The van der Waals surface area contributed by atoms with Crippen molar-refractivity contribution in [1.82, 2.24) is 14.3 Å². The Hall–Kier alpha value is -2.45. The Labute approximate surface area is 214 Å². The molecule has 0 spiro atoms. The lowest BCUT2D eigenvalue weighted by Crippen LogP contribution is -2.60. The van der Waals surface area contributed by atoms with Crippen LogP contribution in [0.5, 0.6) is 0 Å². The van der Waals surface area contributed by atoms with Crippen molar-refractivity contribution in [2.75, 3.05) is 39.9 Å². The third kappa shape index (κ3) is 5.23. The first-order valence-electron chi connectivity index (χ1n) is 12.1. The van der Waals surface area contributed by atoms with Crippen molar-refractivity contribution in [3.63, 3.8) is 0 Å². The topological polar surface area (TPSA) is 72.9 Å². The number of nitrogens with zero attached hydrogens (tertiary/aromatic N) is 3. The van der Waals surface area contributed by atoms with Crippen molar-refractivity contribution in [2.45, 2.75) is 45.8 Å². The Bertz CT molecular complexity index is 1050. The lowest BCUT2D eigenvalue weighted by molar-refractivity contribution is -0.268. The molecule has 1 unspecified atom stereocenters. The average Bonchev–Trinajstić information content (AvgIpc) is 2.83. The van der Waals surface area contributed by atoms with Gasteiger partial charge >= 0.3 is 5.91 Å². The zero-order valence-electron chi connectivity index (χ0n) is 21.0. The highest BCUT2D eigenvalue weighted by Crippen LogP contribution is 2.45. The van der Waals surface area contributed by atoms with Gasteiger partial charge in [-0.25, -0.2) is 9.28 Å². The zero-order chi connectivity index (χ0) is 24.5. The smallest absolute Gasteiger partial charge is 0.315 e. The minimum absolute atomic E-state index is 0. The van der Waals surface area contributed by atoms with Crippen LogP contribution < -0.4 is 9.59 Å². The molecule has 0 aromatic heterocycles. The molecule has 35 heavy (non-hydrogen) atoms. The van der Waals surface area contributed by atoms with Crippen molar-refractivity contribution < 1.29 is 19.4 Å². The van der Waals surface area contributed by atoms with Crippen LogP contribution in [0.3, 0.4) is 0 Å². The lowest BCUT2D eigenvalue weighted by Gasteiger charge is -2.47. The Morgan fingerprint density at radius 3 is 2.31 bits per heavy atom. The number of amides is 2. The van der Waals surface area contributed by atoms with Gasteiger partial charge in [0.2, 0.25) is 0 Å². The van der Waals surface area contributed by atoms with Crippen LogP contribution in [-0.2, 0) is 16.1 Å². The van der Waals surface area contributed by atoms with Gasteiger partial charge in [-0.15, -0.1) is 12.4 Å². The molecule has 2 amide bonds. The predicted octanol–water partition coefficient (Wildman–Crippen LogP) is 3.59. The van der Waals surface area contributed by atoms with Crippen LogP contribution in [0.15, 0.2) is 42.5 Å². The van der Waals surface area contributed by atoms with E-state index in [9.17, 15) is 14.7 Å². The van der Waals surface area contributed by atoms with E-state index in [1.807, 2.05) is 33.0 Å². The quantitative estimate of drug-likeness (QED) is 0.585. The highest BCUT2D eigenvalue weighted by molar-refractivity contribution is 5.89. The summed E-state index contributed by atoms with van der Waals surface area (Å²) in [5, 5.41) is 11.9. The molecule has 2 aromatic carbocycles. The number of carbonyl (C=O) groups excluding carboxylic acids is 2. The number of hydrogen-bond acceptors (Lipinski definition) is 5. The lowest BCUT2D eigenvalue weighted by atomic mass is 9.86. The first kappa shape index (κ1) is 27.1. The van der Waals surface area contributed by atoms with E-state index in [1.165, 1.54) is 10.5 Å². The molecular formula is C27H36ClN3O4. The number of fused-ring (bicyclic) bond motifs is 1. The van der Waals surface area contributed by atoms with Gasteiger partial charge in [0.25, 0.3) is 0 Å². The van der Waals surface area contributed by atoms with Gasteiger partial charge in [-0.1, -0.05) is 24.3 Å². The van der Waals surface area contributed by atoms with Gasteiger partial charge in [0, 0.05) is 44.2 Å². The van der Waals surface area contributed by atoms with Crippen LogP contribution in [-0.4, -0.2) is 67.7 Å². The van der Waals surface area contributed by atoms with Gasteiger partial charge in [0.05, 0.1) is 39.3 Å². The second-order valence-electron chi connectivity index (χ2n) is 9.61. The standard InChI is InChI=1S/C27H35N3O4.ClH/c1-5-29(27(32)33)25-16-19(2)30(4,20(3)31)26-11-10-23(17-24(25)26)22-8-6-21(7-9-22)18-28-12-14-34-15-13-28;/h6-11,17,19,25H,5,12-16,18H2,1-4H3;1H/t19-,25?,30+;/m0./s1. The molecule has 4 rings (SSSR count). The van der Waals surface area contributed by atoms with Crippen molar-refractivity contribution in [3.8, 4) is 11.1 Å². The maximum atomic E-state index is 12.7. The molecule has 2 aromatic rings. The molecule has 190 valence electrons. The molecule has 2 heterocycles. The summed E-state index contributed by atoms with van der Waals surface area (Å²) in [7, 11) is 1.93. The zero-order valence-corrected chi connectivity index (χ0v) is 21.8. The number of hydrogen-bond donors (Lipinski definition) is 0. The first-order chi connectivity index (χ1) is 16.3. The molecule has 2 aliphatic rings. The van der Waals surface area contributed by atoms with Crippen molar-refractivity contribution in [1.29, 1.82) is 0 Å². The molecule has 0 N–H and O–H groups in total. The van der Waals surface area contributed by atoms with E-state index in [-0.39, 0.29) is 34.9 Å². The largest absolute Gasteiger partial charge is 0.530 e. The number of benzene rings is 2. The summed E-state index contributed by atoms with van der Waals surface area (Å²) in [6, 6.07) is 14.3. The molecule has 0 bridgehead atoms. The number of morpholine rings is 1. The highest BCUT2D eigenvalue weighted by atomic mass is 35.5. The number of quaternary nitrogens is 1. The van der Waals surface area contributed by atoms with E-state index in [0.717, 1.165) is 55.2 Å². The molecule has 1 fully saturated rings. The number of carbonyl (C=O) groups is 2. The molecule has 7 nitrogen and oxygen atoms in total. The number of carboxylic acid groups (broad SMARTS) is 1. The van der Waals surface area contributed by atoms with Crippen LogP contribution in [0.4, 0.5) is 10.5 Å². The van der Waals surface area contributed by atoms with Gasteiger partial charge < -0.3 is 19.5 Å². The summed E-state index contributed by atoms with van der Waals surface area (Å²) in [5.41, 5.74) is 5.09. The van der Waals surface area contributed by atoms with Crippen molar-refractivity contribution in [3.05, 3.63) is 53.6 Å². The summed E-state index contributed by atoms with van der Waals surface area (Å²) in [4.78, 5) is 28.5. The van der Waals surface area contributed by atoms with Crippen molar-refractivity contribution in [2.24, 2.45) is 0 Å². The summed E-state index contributed by atoms with van der Waals surface area (Å²) in [6.07, 6.45) is -0.616. The summed E-state index contributed by atoms with van der Waals surface area (Å²) in [5.74, 6) is 0.0453. The molecule has 0 saturated carbocycles. The maximum absolute atomic E-state index is 12.7. The number of ether oxygens (including phenoxy) is 1. The fraction of sp³-hybridized carbons (Fsp3) is 0.481. The van der Waals surface area contributed by atoms with Crippen LogP contribution in [0, 0.1) is 0 Å². The Morgan fingerprint density at radius 1 is 1.11 bits per heavy atom. The van der Waals surface area contributed by atoms with E-state index < -0.39 is 6.09 Å². The predicted molar refractivity (Wildman–Crippen MR) is 138 cm³/mol. The monoisotopic (exact) mass is 501 g/mol. The van der Waals surface area contributed by atoms with E-state index in [1.54, 1.807) is 6.92 Å². The summed E-state index contributed by atoms with van der Waals surface area (Å²) < 4.78 is 5.60. The van der Waals surface area contributed by atoms with Gasteiger partial charge in [-0.3, -0.25) is 4.90 Å². The Balaban J connectivity index is 0.00000342. The second kappa shape index (κ2) is 11.1. The Kier molecular flexibility index (Phi) is 8.59. The minimum Gasteiger partial charge on any atom is -0.530 e. The normalized spacial score (nSPS) is 24.2. The molecule has 1 saturated heterocycles. The van der Waals surface area contributed by atoms with E-state index >= 15 is 0 Å². The van der Waals surface area contributed by atoms with Crippen molar-refractivity contribution >= 4 is 30.1 Å². The first-order valence-corrected chi connectivity index (χ1v) is 12.1. The third-order valence-corrected chi connectivity index (χ3v) is 7.74. The van der Waals surface area contributed by atoms with Crippen LogP contribution >= 0.6 is 12.4 Å². The van der Waals surface area contributed by atoms with Crippen LogP contribution in [0.1, 0.15) is 44.4 Å². The average molecular weight is 502 g/mol.